The number of nitrogens with two attached hydrogens (primary N) is 1. The van der Waals surface area contributed by atoms with Crippen LogP contribution in [-0.2, 0) is 21.2 Å². The van der Waals surface area contributed by atoms with Crippen molar-refractivity contribution < 1.29 is 13.2 Å². The number of primary sulfonamides is 1. The topological polar surface area (TPSA) is 89.3 Å². The van der Waals surface area contributed by atoms with Crippen molar-refractivity contribution in [2.45, 2.75) is 26.7 Å². The molecule has 106 valence electrons. The number of amides is 1. The summed E-state index contributed by atoms with van der Waals surface area (Å²) < 4.78 is 21.4. The highest BCUT2D eigenvalue weighted by Gasteiger charge is 2.07. The highest BCUT2D eigenvalue weighted by atomic mass is 32.2. The van der Waals surface area contributed by atoms with E-state index in [2.05, 4.69) is 5.32 Å². The van der Waals surface area contributed by atoms with Crippen LogP contribution in [0.4, 0.5) is 0 Å². The maximum Gasteiger partial charge on any atom is 0.224 e. The Morgan fingerprint density at radius 1 is 1.32 bits per heavy atom. The number of hydrogen-bond acceptors (Lipinski definition) is 3. The minimum Gasteiger partial charge on any atom is -0.356 e. The largest absolute Gasteiger partial charge is 0.356 e. The fraction of sp³-hybridized carbons (Fsp3) is 0.462. The Kier molecular flexibility index (Phi) is 5.50. The third-order valence-electron chi connectivity index (χ3n) is 2.78. The molecule has 0 fully saturated rings. The second-order valence-corrected chi connectivity index (χ2v) is 6.41. The first kappa shape index (κ1) is 15.7. The van der Waals surface area contributed by atoms with Gasteiger partial charge < -0.3 is 5.32 Å². The molecule has 0 radical (unpaired) electrons. The summed E-state index contributed by atoms with van der Waals surface area (Å²) in [7, 11) is -3.44. The van der Waals surface area contributed by atoms with Crippen LogP contribution < -0.4 is 10.5 Å². The summed E-state index contributed by atoms with van der Waals surface area (Å²) in [4.78, 5) is 11.7. The lowest BCUT2D eigenvalue weighted by Crippen LogP contribution is -2.28. The third kappa shape index (κ3) is 6.35. The molecule has 0 saturated heterocycles. The van der Waals surface area contributed by atoms with Gasteiger partial charge in [0, 0.05) is 6.54 Å². The lowest BCUT2D eigenvalue weighted by Gasteiger charge is -2.08. The number of hydrogen-bond donors (Lipinski definition) is 2. The molecule has 0 heterocycles. The van der Waals surface area contributed by atoms with E-state index in [1.807, 2.05) is 32.0 Å². The summed E-state index contributed by atoms with van der Waals surface area (Å²) in [6.45, 7) is 4.26. The SMILES string of the molecule is Cc1ccc(C)c(CC(=O)NCCCS(N)(=O)=O)c1. The quantitative estimate of drug-likeness (QED) is 0.751. The minimum absolute atomic E-state index is 0.108. The van der Waals surface area contributed by atoms with Crippen molar-refractivity contribution in [2.24, 2.45) is 5.14 Å². The first-order valence-electron chi connectivity index (χ1n) is 6.11. The molecule has 5 nitrogen and oxygen atoms in total. The van der Waals surface area contributed by atoms with Crippen LogP contribution in [0.3, 0.4) is 0 Å². The van der Waals surface area contributed by atoms with Gasteiger partial charge in [-0.2, -0.15) is 0 Å². The predicted octanol–water partition coefficient (Wildman–Crippen LogP) is 0.641. The molecule has 1 aromatic carbocycles. The fourth-order valence-electron chi connectivity index (χ4n) is 1.73. The number of aryl methyl sites for hydroxylation is 2. The van der Waals surface area contributed by atoms with Crippen molar-refractivity contribution >= 4 is 15.9 Å². The van der Waals surface area contributed by atoms with Crippen molar-refractivity contribution in [1.82, 2.24) is 5.32 Å². The summed E-state index contributed by atoms with van der Waals surface area (Å²) in [5, 5.41) is 7.56. The Morgan fingerprint density at radius 3 is 2.63 bits per heavy atom. The van der Waals surface area contributed by atoms with Gasteiger partial charge in [0.25, 0.3) is 0 Å². The first-order valence-corrected chi connectivity index (χ1v) is 7.83. The van der Waals surface area contributed by atoms with Gasteiger partial charge in [-0.15, -0.1) is 0 Å². The van der Waals surface area contributed by atoms with Crippen LogP contribution in [0.2, 0.25) is 0 Å². The maximum atomic E-state index is 11.7. The molecule has 1 aromatic rings. The number of sulfonamides is 1. The molecule has 0 aliphatic heterocycles. The summed E-state index contributed by atoms with van der Waals surface area (Å²) in [6.07, 6.45) is 0.639. The van der Waals surface area contributed by atoms with E-state index >= 15 is 0 Å². The molecular weight excluding hydrogens is 264 g/mol. The zero-order valence-electron chi connectivity index (χ0n) is 11.3. The van der Waals surface area contributed by atoms with Crippen molar-refractivity contribution in [2.75, 3.05) is 12.3 Å². The standard InChI is InChI=1S/C13H20N2O3S/c1-10-4-5-11(2)12(8-10)9-13(16)15-6-3-7-19(14,17)18/h4-5,8H,3,6-7,9H2,1-2H3,(H,15,16)(H2,14,17,18). The van der Waals surface area contributed by atoms with E-state index in [1.54, 1.807) is 0 Å². The van der Waals surface area contributed by atoms with Gasteiger partial charge in [-0.05, 0) is 31.4 Å². The molecule has 19 heavy (non-hydrogen) atoms. The van der Waals surface area contributed by atoms with Crippen molar-refractivity contribution in [3.63, 3.8) is 0 Å². The second-order valence-electron chi connectivity index (χ2n) is 4.68. The van der Waals surface area contributed by atoms with Crippen LogP contribution in [0.15, 0.2) is 18.2 Å². The fourth-order valence-corrected chi connectivity index (χ4v) is 2.27. The smallest absolute Gasteiger partial charge is 0.224 e. The molecule has 0 saturated carbocycles. The Morgan fingerprint density at radius 2 is 2.00 bits per heavy atom. The Bertz CT molecular complexity index is 553. The Hall–Kier alpha value is -1.40. The molecule has 6 heteroatoms. The highest BCUT2D eigenvalue weighted by Crippen LogP contribution is 2.11. The van der Waals surface area contributed by atoms with Gasteiger partial charge in [0.1, 0.15) is 0 Å². The van der Waals surface area contributed by atoms with Gasteiger partial charge in [-0.1, -0.05) is 23.8 Å². The molecule has 0 unspecified atom stereocenters. The number of rotatable bonds is 6. The zero-order chi connectivity index (χ0) is 14.5. The van der Waals surface area contributed by atoms with E-state index in [-0.39, 0.29) is 11.7 Å². The molecular formula is C13H20N2O3S. The number of nitrogens with one attached hydrogen (secondary N) is 1. The summed E-state index contributed by atoms with van der Waals surface area (Å²) in [5.41, 5.74) is 3.18. The molecule has 0 bridgehead atoms. The van der Waals surface area contributed by atoms with Gasteiger partial charge >= 0.3 is 0 Å². The van der Waals surface area contributed by atoms with Crippen LogP contribution in [0.25, 0.3) is 0 Å². The minimum atomic E-state index is -3.44. The average Bonchev–Trinajstić information content (AvgIpc) is 2.28. The Labute approximate surface area is 114 Å². The normalized spacial score (nSPS) is 11.3. The van der Waals surface area contributed by atoms with E-state index in [1.165, 1.54) is 0 Å². The maximum absolute atomic E-state index is 11.7. The number of carbonyl (C=O) groups excluding carboxylic acids is 1. The molecule has 3 N–H and O–H groups in total. The monoisotopic (exact) mass is 284 g/mol. The van der Waals surface area contributed by atoms with E-state index in [9.17, 15) is 13.2 Å². The number of benzene rings is 1. The average molecular weight is 284 g/mol. The van der Waals surface area contributed by atoms with E-state index in [0.29, 0.717) is 19.4 Å². The zero-order valence-corrected chi connectivity index (χ0v) is 12.1. The molecule has 0 atom stereocenters. The number of carbonyl (C=O) groups is 1. The third-order valence-corrected chi connectivity index (χ3v) is 3.64. The van der Waals surface area contributed by atoms with Crippen molar-refractivity contribution in [3.05, 3.63) is 34.9 Å². The van der Waals surface area contributed by atoms with E-state index < -0.39 is 10.0 Å². The van der Waals surface area contributed by atoms with Crippen LogP contribution >= 0.6 is 0 Å². The van der Waals surface area contributed by atoms with Gasteiger partial charge in [0.2, 0.25) is 15.9 Å². The lowest BCUT2D eigenvalue weighted by molar-refractivity contribution is -0.120. The first-order chi connectivity index (χ1) is 8.78. The van der Waals surface area contributed by atoms with Crippen molar-refractivity contribution in [3.8, 4) is 0 Å². The van der Waals surface area contributed by atoms with E-state index in [0.717, 1.165) is 16.7 Å². The lowest BCUT2D eigenvalue weighted by atomic mass is 10.0. The molecule has 0 spiro atoms. The molecule has 1 rings (SSSR count). The van der Waals surface area contributed by atoms with Gasteiger partial charge in [0.15, 0.2) is 0 Å². The van der Waals surface area contributed by atoms with Crippen LogP contribution in [0, 0.1) is 13.8 Å². The highest BCUT2D eigenvalue weighted by molar-refractivity contribution is 7.89. The van der Waals surface area contributed by atoms with Gasteiger partial charge in [0.05, 0.1) is 12.2 Å². The predicted molar refractivity (Wildman–Crippen MR) is 75.2 cm³/mol. The molecule has 0 aliphatic carbocycles. The van der Waals surface area contributed by atoms with Gasteiger partial charge in [-0.25, -0.2) is 13.6 Å². The summed E-state index contributed by atoms with van der Waals surface area (Å²) in [5.74, 6) is -0.223. The molecule has 0 aromatic heterocycles. The van der Waals surface area contributed by atoms with Gasteiger partial charge in [-0.3, -0.25) is 4.79 Å². The molecule has 1 amide bonds. The summed E-state index contributed by atoms with van der Waals surface area (Å²) in [6, 6.07) is 5.97. The van der Waals surface area contributed by atoms with Crippen molar-refractivity contribution in [1.29, 1.82) is 0 Å². The Balaban J connectivity index is 2.41. The van der Waals surface area contributed by atoms with Crippen LogP contribution in [0.5, 0.6) is 0 Å². The second kappa shape index (κ2) is 6.68. The van der Waals surface area contributed by atoms with E-state index in [4.69, 9.17) is 5.14 Å². The van der Waals surface area contributed by atoms with Crippen LogP contribution in [0.1, 0.15) is 23.1 Å². The summed E-state index contributed by atoms with van der Waals surface area (Å²) >= 11 is 0. The molecule has 0 aliphatic rings. The van der Waals surface area contributed by atoms with Crippen LogP contribution in [-0.4, -0.2) is 26.6 Å².